The third-order valence-electron chi connectivity index (χ3n) is 24.8. The number of hydrogen-bond donors (Lipinski definition) is 17. The first kappa shape index (κ1) is 120. The number of aliphatic hydroxyl groups excluding tert-OH is 13. The van der Waals surface area contributed by atoms with Gasteiger partial charge in [0.1, 0.15) is 139 Å². The maximum atomic E-state index is 13.3. The minimum Gasteiger partial charge on any atom is -0.494 e. The molecule has 7 aliphatic rings. The number of aliphatic carboxylic acids is 1. The largest absolute Gasteiger partial charge is 0.494 e. The average molecular weight is 2080 g/mol. The number of esters is 1. The lowest BCUT2D eigenvalue weighted by molar-refractivity contribution is -0.231. The van der Waals surface area contributed by atoms with Crippen molar-refractivity contribution in [1.82, 2.24) is 15.1 Å². The smallest absolute Gasteiger partial charge is 0.373 e. The Labute approximate surface area is 852 Å². The highest BCUT2D eigenvalue weighted by Gasteiger charge is 2.54. The number of aliphatic hydroxyl groups is 13. The lowest BCUT2D eigenvalue weighted by Gasteiger charge is -2.41. The third-order valence-corrected chi connectivity index (χ3v) is 26.2. The van der Waals surface area contributed by atoms with E-state index in [1.54, 1.807) is 66.7 Å². The number of rotatable bonds is 26. The number of carboxylic acids is 1. The first-order valence-electron chi connectivity index (χ1n) is 46.4. The van der Waals surface area contributed by atoms with Gasteiger partial charge in [-0.2, -0.15) is 9.59 Å². The van der Waals surface area contributed by atoms with Crippen molar-refractivity contribution in [3.8, 4) is 23.0 Å². The molecule has 0 aliphatic carbocycles. The van der Waals surface area contributed by atoms with Gasteiger partial charge in [0, 0.05) is 39.2 Å². The van der Waals surface area contributed by atoms with Crippen LogP contribution in [-0.2, 0) is 82.9 Å². The predicted octanol–water partition coefficient (Wildman–Crippen LogP) is 8.15. The summed E-state index contributed by atoms with van der Waals surface area (Å²) in [6.07, 6.45) is -21.3. The van der Waals surface area contributed by atoms with E-state index in [1.165, 1.54) is 43.3 Å². The van der Waals surface area contributed by atoms with Gasteiger partial charge in [-0.05, 0) is 252 Å². The van der Waals surface area contributed by atoms with Gasteiger partial charge in [-0.25, -0.2) is 9.59 Å². The molecule has 0 saturated carbocycles. The van der Waals surface area contributed by atoms with Gasteiger partial charge in [0.2, 0.25) is 5.91 Å². The molecule has 0 aromatic heterocycles. The van der Waals surface area contributed by atoms with Crippen LogP contribution in [0.25, 0.3) is 0 Å². The number of ether oxygens (including phenoxy) is 9. The molecule has 0 bridgehead atoms. The lowest BCUT2D eigenvalue weighted by Crippen LogP contribution is -2.60. The lowest BCUT2D eigenvalue weighted by atomic mass is 9.89. The molecule has 0 spiro atoms. The van der Waals surface area contributed by atoms with Crippen molar-refractivity contribution in [1.29, 1.82) is 0 Å². The molecular formula is C104H135Cl4N5O30. The maximum Gasteiger partial charge on any atom is 0.373 e. The number of likely N-dealkylation sites (tertiary alicyclic amines) is 2. The summed E-state index contributed by atoms with van der Waals surface area (Å²) in [4.78, 5) is 80.6. The standard InChI is InChI=1S/C27H32ClNO8.C26H31ClN2O7.C21H23ClO7.C21H25ClO6.C5H11N.CH5N.CO2.2CH4/c1-3-36-18-9-6-15(7-10-18)13-17-14-16(8-11-19(17)28)24-22(31)21(30)23(32)25(37-24)26(33)29-12-4-5-20(29)27(34)35-2;1-2-35-17-8-5-14(6-9-17)12-16-13-15(7-10-18(16)27)23-21(31)20(30)22(32)24(36-23)26(34)29-11-3-4-19(29)25(28)33;1-2-28-14-6-3-11(4-7-14)9-13-10-12(5-8-15(13)22)19-17(24)16(23)18(25)20(29-19)21(26)27;1-2-27-15-6-3-12(4-7-15)9-14-10-13(5-8-16(14)22)21-20(26)19(25)18(24)17(11-23)28-21;1-5-3-2-4-6-5;1-2;2-1-3;;/h6-11,14,20-25,30-32H,3-5,12-13H2,1-2H3;5-10,13,19-24,30-32H,2-4,11-12H2,1H3,(H2,28,33);3-8,10,16-20,23-25H,2,9H2,1H3,(H,26,27);3-8,10,17-21,23-26H,2,9,11H2,1H3;5-6H,2-4H2,1H3;2H2,1H3;;2*1H4/t20-,21+,22+,23-,24-,25-;19-,20+,21+,22-,23-,24-;16-,17-,18+,19+,20+;17-,18-,19+,20-,21+;5-;;;;/m00111..../s1. The van der Waals surface area contributed by atoms with E-state index in [1.807, 2.05) is 131 Å². The number of methoxy groups -OCH3 is 1. The fourth-order valence-corrected chi connectivity index (χ4v) is 18.1. The van der Waals surface area contributed by atoms with E-state index in [4.69, 9.17) is 104 Å². The molecule has 7 fully saturated rings. The van der Waals surface area contributed by atoms with E-state index in [2.05, 4.69) is 18.0 Å². The zero-order valence-corrected chi connectivity index (χ0v) is 82.1. The Morgan fingerprint density at radius 1 is 0.406 bits per heavy atom. The first-order chi connectivity index (χ1) is 67.5. The molecule has 0 radical (unpaired) electrons. The van der Waals surface area contributed by atoms with Crippen LogP contribution in [0.3, 0.4) is 0 Å². The molecule has 7 aliphatic heterocycles. The summed E-state index contributed by atoms with van der Waals surface area (Å²) in [5.74, 6) is -0.806. The van der Waals surface area contributed by atoms with Crippen LogP contribution in [0, 0.1) is 0 Å². The fourth-order valence-electron chi connectivity index (χ4n) is 17.4. The number of nitrogens with one attached hydrogen (secondary N) is 1. The molecule has 7 saturated heterocycles. The van der Waals surface area contributed by atoms with E-state index in [0.29, 0.717) is 127 Å². The van der Waals surface area contributed by atoms with E-state index in [0.717, 1.165) is 73.5 Å². The molecule has 23 atom stereocenters. The number of nitrogens with zero attached hydrogens (tertiary/aromatic N) is 2. The normalized spacial score (nSPS) is 26.7. The summed E-state index contributed by atoms with van der Waals surface area (Å²) in [5, 5.41) is 148. The van der Waals surface area contributed by atoms with Crippen molar-refractivity contribution >= 4 is 82.2 Å². The number of benzene rings is 8. The van der Waals surface area contributed by atoms with Gasteiger partial charge in [0.15, 0.2) is 18.3 Å². The van der Waals surface area contributed by atoms with Crippen LogP contribution in [0.15, 0.2) is 170 Å². The number of carboxylic acid groups (broad SMARTS) is 1. The van der Waals surface area contributed by atoms with Crippen molar-refractivity contribution in [2.75, 3.05) is 66.8 Å². The number of amides is 3. The molecule has 8 aromatic carbocycles. The summed E-state index contributed by atoms with van der Waals surface area (Å²) < 4.78 is 49.5. The van der Waals surface area contributed by atoms with Crippen molar-refractivity contribution in [2.45, 2.75) is 254 Å². The average Bonchev–Trinajstić information content (AvgIpc) is 1.74. The third kappa shape index (κ3) is 31.8. The zero-order valence-electron chi connectivity index (χ0n) is 79.0. The van der Waals surface area contributed by atoms with E-state index in [9.17, 15) is 95.5 Å². The second-order valence-electron chi connectivity index (χ2n) is 34.2. The van der Waals surface area contributed by atoms with Crippen LogP contribution in [0.5, 0.6) is 23.0 Å². The molecule has 39 heteroatoms. The molecule has 7 heterocycles. The second kappa shape index (κ2) is 58.4. The molecule has 3 amide bonds. The Hall–Kier alpha value is -9.91. The topological polar surface area (TPSA) is 556 Å². The van der Waals surface area contributed by atoms with Crippen LogP contribution in [-0.4, -0.2) is 300 Å². The number of carbonyl (C=O) groups is 5. The Morgan fingerprint density at radius 3 is 0.944 bits per heavy atom. The summed E-state index contributed by atoms with van der Waals surface area (Å²) >= 11 is 25.6. The van der Waals surface area contributed by atoms with Gasteiger partial charge in [-0.15, -0.1) is 0 Å². The summed E-state index contributed by atoms with van der Waals surface area (Å²) in [5.41, 5.74) is 19.1. The van der Waals surface area contributed by atoms with Crippen molar-refractivity contribution < 1.29 is 148 Å². The summed E-state index contributed by atoms with van der Waals surface area (Å²) in [6.45, 7) is 13.6. The molecule has 143 heavy (non-hydrogen) atoms. The molecular weight excluding hydrogens is 1940 g/mol. The van der Waals surface area contributed by atoms with Gasteiger partial charge in [-0.3, -0.25) is 14.4 Å². The summed E-state index contributed by atoms with van der Waals surface area (Å²) in [7, 11) is 2.75. The van der Waals surface area contributed by atoms with E-state index in [-0.39, 0.29) is 27.5 Å². The quantitative estimate of drug-likeness (QED) is 0.0227. The van der Waals surface area contributed by atoms with Crippen molar-refractivity contribution in [3.63, 3.8) is 0 Å². The van der Waals surface area contributed by atoms with Gasteiger partial charge < -0.3 is 141 Å². The fraction of sp³-hybridized carbons (Fsp3) is 0.481. The number of primary amides is 1. The maximum absolute atomic E-state index is 13.3. The molecule has 8 aromatic rings. The highest BCUT2D eigenvalue weighted by Crippen LogP contribution is 2.42. The SMILES string of the molecule is C.C.CCOc1ccc(Cc2cc([C@@H]3O[C@H](C(=O)N4CCC[C@H]4C(=O)OC)[C@@H](O)[C@H](O)[C@H]3O)ccc2Cl)cc1.CCOc1ccc(Cc2cc([C@@H]3O[C@H](C(=O)N4CCC[C@H]4C(N)=O)[C@@H](O)[C@H](O)[C@H]3O)ccc2Cl)cc1.CCOc1ccc(Cc2cc([C@@H]3O[C@H](C(=O)O)[C@@H](O)[C@H](O)[C@H]3O)ccc2Cl)cc1.CCOc1ccc(Cc2cc([C@@H]3O[C@H](CO)[C@@H](O)[C@H](O)[C@H]3O)ccc2Cl)cc1.CN.C[C@@H]1CCCN1.O=C=O. The monoisotopic (exact) mass is 2070 g/mol. The van der Waals surface area contributed by atoms with Crippen LogP contribution >= 0.6 is 46.4 Å². The van der Waals surface area contributed by atoms with Crippen molar-refractivity contribution in [2.24, 2.45) is 11.5 Å². The number of carbonyl (C=O) groups excluding carboxylic acids is 6. The Kier molecular flexibility index (Phi) is 49.0. The molecule has 15 rings (SSSR count). The molecule has 784 valence electrons. The van der Waals surface area contributed by atoms with Gasteiger partial charge in [0.05, 0.1) is 40.1 Å². The van der Waals surface area contributed by atoms with E-state index >= 15 is 0 Å². The Morgan fingerprint density at radius 2 is 0.685 bits per heavy atom. The minimum absolute atomic E-state index is 0. The Balaban J connectivity index is 0.000000250. The number of hydrogen-bond acceptors (Lipinski definition) is 31. The molecule has 0 unspecified atom stereocenters. The number of halogens is 4. The van der Waals surface area contributed by atoms with Crippen LogP contribution in [0.2, 0.25) is 20.1 Å². The van der Waals surface area contributed by atoms with E-state index < -0.39 is 170 Å². The predicted molar refractivity (Wildman–Crippen MR) is 531 cm³/mol. The van der Waals surface area contributed by atoms with Crippen molar-refractivity contribution in [3.05, 3.63) is 257 Å². The zero-order chi connectivity index (χ0) is 103. The highest BCUT2D eigenvalue weighted by atomic mass is 35.5. The summed E-state index contributed by atoms with van der Waals surface area (Å²) in [6, 6.07) is 50.0. The number of nitrogens with two attached hydrogens (primary N) is 2. The van der Waals surface area contributed by atoms with Gasteiger partial charge in [-0.1, -0.05) is 158 Å². The molecule has 35 nitrogen and oxygen atoms in total. The Bertz CT molecular complexity index is 5340. The van der Waals surface area contributed by atoms with Crippen LogP contribution in [0.1, 0.15) is 179 Å². The van der Waals surface area contributed by atoms with Gasteiger partial charge in [0.25, 0.3) is 11.8 Å². The first-order valence-corrected chi connectivity index (χ1v) is 47.9. The highest BCUT2D eigenvalue weighted by molar-refractivity contribution is 6.32. The second-order valence-corrected chi connectivity index (χ2v) is 35.9. The molecule has 19 N–H and O–H groups in total. The van der Waals surface area contributed by atoms with Crippen LogP contribution in [0.4, 0.5) is 0 Å². The van der Waals surface area contributed by atoms with Crippen LogP contribution < -0.4 is 35.7 Å². The minimum atomic E-state index is -1.73. The van der Waals surface area contributed by atoms with Gasteiger partial charge >= 0.3 is 18.1 Å².